The maximum atomic E-state index is 12.8. The number of imide groups is 1. The molecule has 57 heavy (non-hydrogen) atoms. The zero-order valence-electron chi connectivity index (χ0n) is 28.6. The van der Waals surface area contributed by atoms with Gasteiger partial charge in [-0.25, -0.2) is 14.6 Å². The highest BCUT2D eigenvalue weighted by molar-refractivity contribution is 6.12. The van der Waals surface area contributed by atoms with Gasteiger partial charge in [-0.15, -0.1) is 0 Å². The summed E-state index contributed by atoms with van der Waals surface area (Å²) in [6.45, 7) is 0.858. The van der Waals surface area contributed by atoms with E-state index in [4.69, 9.17) is 9.62 Å². The van der Waals surface area contributed by atoms with Crippen LogP contribution >= 0.6 is 0 Å². The number of hydrogen-bond donors (Lipinski definition) is 0. The van der Waals surface area contributed by atoms with Crippen molar-refractivity contribution in [1.82, 2.24) is 4.90 Å². The van der Waals surface area contributed by atoms with Crippen molar-refractivity contribution in [2.75, 3.05) is 26.9 Å². The van der Waals surface area contributed by atoms with Crippen molar-refractivity contribution in [2.45, 2.75) is 39.0 Å². The monoisotopic (exact) mass is 844 g/mol. The molecule has 322 valence electrons. The topological polar surface area (TPSA) is 355 Å². The molecule has 2 rings (SSSR count). The predicted octanol–water partition coefficient (Wildman–Crippen LogP) is 1.21. The molecule has 1 unspecified atom stereocenters. The molecule has 0 aliphatic carbocycles. The van der Waals surface area contributed by atoms with E-state index in [1.54, 1.807) is 0 Å². The number of ketones is 1. The molecule has 1 aliphatic heterocycles. The number of hydrogen-bond acceptors (Lipinski definition) is 32. The summed E-state index contributed by atoms with van der Waals surface area (Å²) in [4.78, 5) is 68.7. The number of nitrogens with zero attached hydrogens (tertiary/aromatic N) is 2. The molecule has 0 aromatic heterocycles. The van der Waals surface area contributed by atoms with Gasteiger partial charge < -0.3 is 4.74 Å². The van der Waals surface area contributed by atoms with E-state index >= 15 is 0 Å². The molecular formula is C23H28N2O32. The number of Topliss-reactive ketones (excluding diaryl/α,β-unsaturated/α-hetero) is 1. The van der Waals surface area contributed by atoms with Crippen LogP contribution in [0.3, 0.4) is 0 Å². The third-order valence-corrected chi connectivity index (χ3v) is 5.86. The molecule has 1 aromatic rings. The Balaban J connectivity index is 1.55. The fraction of sp³-hybridized carbons (Fsp3) is 0.478. The number of benzene rings is 1. The maximum absolute atomic E-state index is 12.8. The average molecular weight is 844 g/mol. The van der Waals surface area contributed by atoms with Gasteiger partial charge in [0.15, 0.2) is 0 Å². The van der Waals surface area contributed by atoms with Crippen LogP contribution in [-0.2, 0) is 145 Å². The second kappa shape index (κ2) is 30.7. The molecule has 0 radical (unpaired) electrons. The number of esters is 1. The van der Waals surface area contributed by atoms with Crippen LogP contribution in [0, 0.1) is 15.5 Å². The van der Waals surface area contributed by atoms with Crippen LogP contribution in [0.25, 0.3) is 0 Å². The standard InChI is InChI=1S/C23H28N2O32/c1-23(15-33-22(29)17-7-9-18(10-8-17)25(30)31,14-19(26)6-4-3-5-13-24-20(27)11-12-21(24)28)16-34-36-38-40-42-44-46-48-50-52-54-56-57-55-53-51-49-47-45-43-41-39-37-35-32-2/h7-12H,3-6,13-16H2,1-2H3. The quantitative estimate of drug-likeness (QED) is 0.0225. The summed E-state index contributed by atoms with van der Waals surface area (Å²) < 4.78 is 5.31. The molecule has 1 atom stereocenters. The molecule has 0 saturated carbocycles. The van der Waals surface area contributed by atoms with Crippen LogP contribution in [0.1, 0.15) is 49.4 Å². The van der Waals surface area contributed by atoms with Crippen molar-refractivity contribution in [2.24, 2.45) is 5.41 Å². The maximum Gasteiger partial charge on any atom is 0.338 e. The lowest BCUT2D eigenvalue weighted by molar-refractivity contribution is -0.900. The number of carbonyl (C=O) groups is 4. The first kappa shape index (κ1) is 48.8. The minimum atomic E-state index is -1.23. The molecule has 0 spiro atoms. The summed E-state index contributed by atoms with van der Waals surface area (Å²) in [7, 11) is 1.07. The van der Waals surface area contributed by atoms with Crippen molar-refractivity contribution in [3.8, 4) is 0 Å². The average Bonchev–Trinajstić information content (AvgIpc) is 3.52. The molecule has 1 heterocycles. The normalized spacial score (nSPS) is 13.7. The van der Waals surface area contributed by atoms with Gasteiger partial charge in [0, 0.05) is 84.4 Å². The number of nitro groups is 1. The third-order valence-electron chi connectivity index (χ3n) is 5.86. The lowest BCUT2D eigenvalue weighted by Crippen LogP contribution is -2.33. The summed E-state index contributed by atoms with van der Waals surface area (Å²) in [5, 5.41) is 95.4. The Morgan fingerprint density at radius 2 is 1.07 bits per heavy atom. The zero-order valence-corrected chi connectivity index (χ0v) is 28.6. The van der Waals surface area contributed by atoms with E-state index in [9.17, 15) is 29.3 Å². The highest BCUT2D eigenvalue weighted by atomic mass is 18.0. The van der Waals surface area contributed by atoms with E-state index < -0.39 is 41.3 Å². The van der Waals surface area contributed by atoms with Gasteiger partial charge in [-0.05, 0) is 106 Å². The number of amides is 2. The van der Waals surface area contributed by atoms with E-state index in [1.807, 2.05) is 0 Å². The van der Waals surface area contributed by atoms with Gasteiger partial charge in [0.05, 0.1) is 30.8 Å². The summed E-state index contributed by atoms with van der Waals surface area (Å²) >= 11 is 0. The molecule has 34 heteroatoms. The van der Waals surface area contributed by atoms with Crippen molar-refractivity contribution < 1.29 is 154 Å². The summed E-state index contributed by atoms with van der Waals surface area (Å²) in [5.41, 5.74) is -1.48. The lowest BCUT2D eigenvalue weighted by atomic mass is 9.85. The van der Waals surface area contributed by atoms with Gasteiger partial charge in [-0.1, -0.05) is 13.3 Å². The van der Waals surface area contributed by atoms with Crippen molar-refractivity contribution in [3.05, 3.63) is 52.1 Å². The fourth-order valence-electron chi connectivity index (χ4n) is 3.62. The first-order valence-electron chi connectivity index (χ1n) is 14.6. The van der Waals surface area contributed by atoms with Gasteiger partial charge in [-0.3, -0.25) is 29.4 Å². The Morgan fingerprint density at radius 1 is 0.632 bits per heavy atom. The Kier molecular flexibility index (Phi) is 26.3. The molecule has 1 aliphatic rings. The van der Waals surface area contributed by atoms with E-state index in [0.717, 1.165) is 24.1 Å². The van der Waals surface area contributed by atoms with Crippen molar-refractivity contribution in [1.29, 1.82) is 0 Å². The summed E-state index contributed by atoms with van der Waals surface area (Å²) in [6.07, 6.45) is 3.67. The van der Waals surface area contributed by atoms with E-state index in [2.05, 4.69) is 121 Å². The van der Waals surface area contributed by atoms with Gasteiger partial charge in [0.25, 0.3) is 17.5 Å². The Morgan fingerprint density at radius 3 is 1.51 bits per heavy atom. The highest BCUT2D eigenvalue weighted by Crippen LogP contribution is 2.26. The molecule has 2 amide bonds. The number of ether oxygens (including phenoxy) is 1. The molecule has 1 aromatic carbocycles. The van der Waals surface area contributed by atoms with Crippen LogP contribution in [0.15, 0.2) is 36.4 Å². The van der Waals surface area contributed by atoms with Crippen LogP contribution < -0.4 is 0 Å². The molecule has 0 saturated heterocycles. The van der Waals surface area contributed by atoms with Crippen molar-refractivity contribution in [3.63, 3.8) is 0 Å². The minimum Gasteiger partial charge on any atom is -0.461 e. The third kappa shape index (κ3) is 23.5. The first-order valence-corrected chi connectivity index (χ1v) is 14.6. The van der Waals surface area contributed by atoms with E-state index in [-0.39, 0.29) is 36.4 Å². The smallest absolute Gasteiger partial charge is 0.338 e. The van der Waals surface area contributed by atoms with Crippen LogP contribution in [0.2, 0.25) is 0 Å². The van der Waals surface area contributed by atoms with E-state index in [1.165, 1.54) is 31.2 Å². The number of unbranched alkanes of at least 4 members (excludes halogenated alkanes) is 2. The molecule has 0 fully saturated rings. The molecule has 34 nitrogen and oxygen atoms in total. The predicted molar refractivity (Wildman–Crippen MR) is 143 cm³/mol. The largest absolute Gasteiger partial charge is 0.461 e. The zero-order chi connectivity index (χ0) is 41.4. The van der Waals surface area contributed by atoms with Crippen LogP contribution in [-0.4, -0.2) is 60.3 Å². The lowest BCUT2D eigenvalue weighted by Gasteiger charge is -2.27. The Bertz CT molecular complexity index is 1320. The second-order valence-corrected chi connectivity index (χ2v) is 9.87. The van der Waals surface area contributed by atoms with E-state index in [0.29, 0.717) is 19.3 Å². The fourth-order valence-corrected chi connectivity index (χ4v) is 3.62. The number of carbonyl (C=O) groups excluding carboxylic acids is 4. The minimum absolute atomic E-state index is 0.00336. The number of nitro benzene ring substituents is 1. The van der Waals surface area contributed by atoms with Crippen LogP contribution in [0.5, 0.6) is 0 Å². The second-order valence-electron chi connectivity index (χ2n) is 9.87. The highest BCUT2D eigenvalue weighted by Gasteiger charge is 2.31. The SMILES string of the molecule is COOOOOOOOOOOOOOOOOOOOOOOOOCC(C)(COC(=O)c1ccc([N+](=O)[O-])cc1)CC(=O)CCCCCN1C(=O)C=CC1=O. The molecular weight excluding hydrogens is 816 g/mol. The summed E-state index contributed by atoms with van der Waals surface area (Å²) in [6, 6.07) is 4.60. The first-order chi connectivity index (χ1) is 27.6. The summed E-state index contributed by atoms with van der Waals surface area (Å²) in [5.74, 6) is -1.93. The Hall–Kier alpha value is -4.36. The van der Waals surface area contributed by atoms with Gasteiger partial charge in [0.1, 0.15) is 5.78 Å². The molecule has 0 N–H and O–H groups in total. The van der Waals surface area contributed by atoms with Crippen LogP contribution in [0.4, 0.5) is 5.69 Å². The number of rotatable bonds is 38. The Labute approximate surface area is 312 Å². The van der Waals surface area contributed by atoms with Gasteiger partial charge in [0.2, 0.25) is 0 Å². The van der Waals surface area contributed by atoms with Gasteiger partial charge >= 0.3 is 5.97 Å². The van der Waals surface area contributed by atoms with Crippen molar-refractivity contribution >= 4 is 29.3 Å². The number of non-ortho nitro benzene ring substituents is 1. The molecule has 0 bridgehead atoms. The van der Waals surface area contributed by atoms with Gasteiger partial charge in [-0.2, -0.15) is 0 Å².